The third kappa shape index (κ3) is 2.84. The van der Waals surface area contributed by atoms with E-state index in [0.29, 0.717) is 19.7 Å². The number of amides is 1. The van der Waals surface area contributed by atoms with E-state index in [9.17, 15) is 4.79 Å². The van der Waals surface area contributed by atoms with Gasteiger partial charge in [0.2, 0.25) is 0 Å². The zero-order valence-corrected chi connectivity index (χ0v) is 13.3. The van der Waals surface area contributed by atoms with Gasteiger partial charge in [-0.15, -0.1) is 0 Å². The quantitative estimate of drug-likeness (QED) is 0.927. The van der Waals surface area contributed by atoms with Crippen LogP contribution in [0, 0.1) is 0 Å². The van der Waals surface area contributed by atoms with Gasteiger partial charge in [-0.05, 0) is 19.1 Å². The number of morpholine rings is 1. The summed E-state index contributed by atoms with van der Waals surface area (Å²) in [6.07, 6.45) is 0. The number of aromatic amines is 1. The highest BCUT2D eigenvalue weighted by Gasteiger charge is 2.40. The summed E-state index contributed by atoms with van der Waals surface area (Å²) in [5.74, 6) is 0.921. The number of imidazole rings is 1. The normalized spacial score (nSPS) is 22.9. The van der Waals surface area contributed by atoms with E-state index in [2.05, 4.69) is 14.9 Å². The Kier molecular flexibility index (Phi) is 3.88. The minimum Gasteiger partial charge on any atom is -0.363 e. The fourth-order valence-corrected chi connectivity index (χ4v) is 2.98. The molecular formula is C16H22N4O2. The predicted molar refractivity (Wildman–Crippen MR) is 84.4 cm³/mol. The minimum atomic E-state index is -0.784. The minimum absolute atomic E-state index is 0.00167. The summed E-state index contributed by atoms with van der Waals surface area (Å²) in [6, 6.07) is 7.99. The molecule has 0 radical (unpaired) electrons. The van der Waals surface area contributed by atoms with Crippen molar-refractivity contribution in [3.05, 3.63) is 30.1 Å². The van der Waals surface area contributed by atoms with Gasteiger partial charge in [-0.2, -0.15) is 0 Å². The lowest BCUT2D eigenvalue weighted by atomic mass is 10.0. The lowest BCUT2D eigenvalue weighted by molar-refractivity contribution is -0.165. The summed E-state index contributed by atoms with van der Waals surface area (Å²) in [5.41, 5.74) is 1.23. The molecule has 0 aliphatic carbocycles. The molecule has 3 rings (SSSR count). The van der Waals surface area contributed by atoms with Crippen LogP contribution in [0.5, 0.6) is 0 Å². The molecule has 1 aromatic heterocycles. The Morgan fingerprint density at radius 3 is 2.95 bits per heavy atom. The van der Waals surface area contributed by atoms with Gasteiger partial charge >= 0.3 is 0 Å². The molecule has 22 heavy (non-hydrogen) atoms. The van der Waals surface area contributed by atoms with Crippen LogP contribution in [0.4, 0.5) is 0 Å². The van der Waals surface area contributed by atoms with Crippen LogP contribution >= 0.6 is 0 Å². The number of rotatable bonds is 3. The van der Waals surface area contributed by atoms with Crippen LogP contribution in [0.25, 0.3) is 11.0 Å². The first-order chi connectivity index (χ1) is 10.5. The molecule has 1 aliphatic rings. The highest BCUT2D eigenvalue weighted by molar-refractivity contribution is 5.84. The van der Waals surface area contributed by atoms with Crippen molar-refractivity contribution in [2.24, 2.45) is 0 Å². The zero-order valence-electron chi connectivity index (χ0n) is 13.3. The average molecular weight is 302 g/mol. The monoisotopic (exact) mass is 302 g/mol. The number of hydrogen-bond donors (Lipinski definition) is 1. The molecule has 1 amide bonds. The summed E-state index contributed by atoms with van der Waals surface area (Å²) in [7, 11) is 3.52. The van der Waals surface area contributed by atoms with E-state index in [0.717, 1.165) is 23.4 Å². The molecule has 1 aliphatic heterocycles. The number of H-pyrrole nitrogens is 1. The number of carbonyl (C=O) groups excluding carboxylic acids is 1. The van der Waals surface area contributed by atoms with Crippen LogP contribution in [0.3, 0.4) is 0 Å². The van der Waals surface area contributed by atoms with Gasteiger partial charge in [-0.1, -0.05) is 12.1 Å². The van der Waals surface area contributed by atoms with Crippen molar-refractivity contribution in [2.45, 2.75) is 19.1 Å². The second-order valence-electron chi connectivity index (χ2n) is 6.19. The van der Waals surface area contributed by atoms with Gasteiger partial charge in [0.1, 0.15) is 5.82 Å². The van der Waals surface area contributed by atoms with Crippen LogP contribution in [-0.2, 0) is 16.1 Å². The number of benzene rings is 1. The number of fused-ring (bicyclic) bond motifs is 1. The lowest BCUT2D eigenvalue weighted by Crippen LogP contribution is -2.57. The Balaban J connectivity index is 1.73. The predicted octanol–water partition coefficient (Wildman–Crippen LogP) is 1.24. The van der Waals surface area contributed by atoms with Gasteiger partial charge in [-0.3, -0.25) is 9.69 Å². The molecule has 1 saturated heterocycles. The topological polar surface area (TPSA) is 61.5 Å². The van der Waals surface area contributed by atoms with Crippen LogP contribution < -0.4 is 0 Å². The summed E-state index contributed by atoms with van der Waals surface area (Å²) in [6.45, 7) is 4.47. The van der Waals surface area contributed by atoms with E-state index < -0.39 is 5.60 Å². The molecule has 6 nitrogen and oxygen atoms in total. The molecule has 0 saturated carbocycles. The lowest BCUT2D eigenvalue weighted by Gasteiger charge is -2.40. The van der Waals surface area contributed by atoms with Crippen molar-refractivity contribution in [3.8, 4) is 0 Å². The Morgan fingerprint density at radius 1 is 1.45 bits per heavy atom. The average Bonchev–Trinajstić information content (AvgIpc) is 2.88. The number of hydrogen-bond acceptors (Lipinski definition) is 4. The fourth-order valence-electron chi connectivity index (χ4n) is 2.98. The molecular weight excluding hydrogens is 280 g/mol. The molecule has 118 valence electrons. The van der Waals surface area contributed by atoms with E-state index in [1.807, 2.05) is 31.2 Å². The number of ether oxygens (including phenoxy) is 1. The van der Waals surface area contributed by atoms with Gasteiger partial charge in [0.15, 0.2) is 5.60 Å². The Hall–Kier alpha value is -1.92. The van der Waals surface area contributed by atoms with Crippen molar-refractivity contribution in [1.82, 2.24) is 19.8 Å². The van der Waals surface area contributed by atoms with Crippen LogP contribution in [-0.4, -0.2) is 65.1 Å². The summed E-state index contributed by atoms with van der Waals surface area (Å²) < 4.78 is 5.75. The zero-order chi connectivity index (χ0) is 15.7. The Morgan fingerprint density at radius 2 is 2.23 bits per heavy atom. The second kappa shape index (κ2) is 5.70. The number of nitrogens with zero attached hydrogens (tertiary/aromatic N) is 3. The molecule has 1 fully saturated rings. The maximum absolute atomic E-state index is 12.3. The van der Waals surface area contributed by atoms with Crippen LogP contribution in [0.1, 0.15) is 12.7 Å². The van der Waals surface area contributed by atoms with E-state index in [-0.39, 0.29) is 5.91 Å². The highest BCUT2D eigenvalue weighted by Crippen LogP contribution is 2.21. The van der Waals surface area contributed by atoms with Gasteiger partial charge in [0, 0.05) is 27.2 Å². The van der Waals surface area contributed by atoms with Crippen molar-refractivity contribution in [3.63, 3.8) is 0 Å². The van der Waals surface area contributed by atoms with Crippen molar-refractivity contribution in [1.29, 1.82) is 0 Å². The SMILES string of the molecule is CN(C)C(=O)C1(C)CN(Cc2nc3ccccc3[nH]2)CCO1. The molecule has 1 aromatic carbocycles. The molecule has 2 heterocycles. The third-order valence-electron chi connectivity index (χ3n) is 4.02. The number of para-hydroxylation sites is 2. The van der Waals surface area contributed by atoms with Gasteiger partial charge < -0.3 is 14.6 Å². The Bertz CT molecular complexity index is 649. The van der Waals surface area contributed by atoms with E-state index in [1.165, 1.54) is 0 Å². The largest absolute Gasteiger partial charge is 0.363 e. The summed E-state index contributed by atoms with van der Waals surface area (Å²) >= 11 is 0. The smallest absolute Gasteiger partial charge is 0.255 e. The van der Waals surface area contributed by atoms with E-state index >= 15 is 0 Å². The molecule has 1 N–H and O–H groups in total. The number of carbonyl (C=O) groups is 1. The molecule has 1 unspecified atom stereocenters. The standard InChI is InChI=1S/C16H22N4O2/c1-16(15(21)19(2)3)11-20(8-9-22-16)10-14-17-12-6-4-5-7-13(12)18-14/h4-7H,8-11H2,1-3H3,(H,17,18). The van der Waals surface area contributed by atoms with Gasteiger partial charge in [0.05, 0.1) is 24.2 Å². The van der Waals surface area contributed by atoms with Crippen LogP contribution in [0.15, 0.2) is 24.3 Å². The second-order valence-corrected chi connectivity index (χ2v) is 6.19. The first-order valence-electron chi connectivity index (χ1n) is 7.50. The third-order valence-corrected chi connectivity index (χ3v) is 4.02. The van der Waals surface area contributed by atoms with Crippen molar-refractivity contribution < 1.29 is 9.53 Å². The first kappa shape index (κ1) is 15.0. The van der Waals surface area contributed by atoms with Gasteiger partial charge in [-0.25, -0.2) is 4.98 Å². The van der Waals surface area contributed by atoms with E-state index in [4.69, 9.17) is 4.74 Å². The number of nitrogens with one attached hydrogen (secondary N) is 1. The maximum atomic E-state index is 12.3. The molecule has 2 aromatic rings. The molecule has 1 atom stereocenters. The molecule has 0 spiro atoms. The van der Waals surface area contributed by atoms with Crippen molar-refractivity contribution in [2.75, 3.05) is 33.8 Å². The van der Waals surface area contributed by atoms with Crippen LogP contribution in [0.2, 0.25) is 0 Å². The highest BCUT2D eigenvalue weighted by atomic mass is 16.5. The number of likely N-dealkylation sites (N-methyl/N-ethyl adjacent to an activating group) is 1. The van der Waals surface area contributed by atoms with Gasteiger partial charge in [0.25, 0.3) is 5.91 Å². The van der Waals surface area contributed by atoms with E-state index in [1.54, 1.807) is 19.0 Å². The fraction of sp³-hybridized carbons (Fsp3) is 0.500. The molecule has 0 bridgehead atoms. The Labute approximate surface area is 130 Å². The number of aromatic nitrogens is 2. The summed E-state index contributed by atoms with van der Waals surface area (Å²) in [5, 5.41) is 0. The van der Waals surface area contributed by atoms with Crippen molar-refractivity contribution >= 4 is 16.9 Å². The summed E-state index contributed by atoms with van der Waals surface area (Å²) in [4.78, 5) is 24.0. The first-order valence-corrected chi connectivity index (χ1v) is 7.50. The molecule has 6 heteroatoms. The maximum Gasteiger partial charge on any atom is 0.255 e.